The van der Waals surface area contributed by atoms with Crippen molar-refractivity contribution in [1.29, 1.82) is 0 Å². The Labute approximate surface area is 157 Å². The van der Waals surface area contributed by atoms with Crippen molar-refractivity contribution in [3.8, 4) is 0 Å². The summed E-state index contributed by atoms with van der Waals surface area (Å²) in [7, 11) is 1.67. The second-order valence-corrected chi connectivity index (χ2v) is 6.24. The van der Waals surface area contributed by atoms with Gasteiger partial charge in [0.15, 0.2) is 0 Å². The highest BCUT2D eigenvalue weighted by atomic mass is 19.1. The lowest BCUT2D eigenvalue weighted by Gasteiger charge is -2.15. The van der Waals surface area contributed by atoms with Gasteiger partial charge in [0.05, 0.1) is 30.4 Å². The lowest BCUT2D eigenvalue weighted by atomic mass is 10.1. The van der Waals surface area contributed by atoms with Crippen molar-refractivity contribution in [2.45, 2.75) is 26.3 Å². The van der Waals surface area contributed by atoms with Crippen molar-refractivity contribution in [3.63, 3.8) is 0 Å². The first-order chi connectivity index (χ1) is 13.2. The van der Waals surface area contributed by atoms with Crippen LogP contribution < -0.4 is 5.32 Å². The average molecular weight is 370 g/mol. The zero-order valence-electron chi connectivity index (χ0n) is 15.5. The summed E-state index contributed by atoms with van der Waals surface area (Å²) in [6, 6.07) is 3.73. The number of methoxy groups -OCH3 is 1. The van der Waals surface area contributed by atoms with Gasteiger partial charge in [-0.25, -0.2) is 4.39 Å². The number of ether oxygens (including phenoxy) is 1. The number of halogens is 1. The van der Waals surface area contributed by atoms with Gasteiger partial charge in [0.25, 0.3) is 5.91 Å². The smallest absolute Gasteiger partial charge is 0.255 e. The van der Waals surface area contributed by atoms with E-state index in [1.807, 2.05) is 35.9 Å². The number of carbonyl (C=O) groups excluding carboxylic acids is 1. The lowest BCUT2D eigenvalue weighted by molar-refractivity contribution is 0.0952. The van der Waals surface area contributed by atoms with Crippen molar-refractivity contribution >= 4 is 22.7 Å². The van der Waals surface area contributed by atoms with Crippen LogP contribution in [0.1, 0.15) is 30.1 Å². The summed E-state index contributed by atoms with van der Waals surface area (Å²) in [6.07, 6.45) is 8.91. The predicted octanol–water partition coefficient (Wildman–Crippen LogP) is 3.40. The molecule has 0 aliphatic carbocycles. The van der Waals surface area contributed by atoms with E-state index in [2.05, 4.69) is 15.3 Å². The predicted molar refractivity (Wildman–Crippen MR) is 104 cm³/mol. The maximum Gasteiger partial charge on any atom is 0.255 e. The molecule has 0 radical (unpaired) electrons. The van der Waals surface area contributed by atoms with Crippen molar-refractivity contribution in [1.82, 2.24) is 14.9 Å². The molecule has 1 aliphatic rings. The van der Waals surface area contributed by atoms with Gasteiger partial charge >= 0.3 is 0 Å². The van der Waals surface area contributed by atoms with Gasteiger partial charge in [-0.2, -0.15) is 0 Å². The molecule has 2 aromatic heterocycles. The fourth-order valence-electron chi connectivity index (χ4n) is 3.13. The van der Waals surface area contributed by atoms with Crippen LogP contribution in [-0.4, -0.2) is 41.5 Å². The fraction of sp³-hybridized carbons (Fsp3) is 0.350. The van der Waals surface area contributed by atoms with Crippen molar-refractivity contribution in [2.24, 2.45) is 4.99 Å². The van der Waals surface area contributed by atoms with Crippen LogP contribution in [0.4, 0.5) is 4.39 Å². The normalized spacial score (nSPS) is 14.7. The number of aromatic nitrogens is 2. The molecule has 0 bridgehead atoms. The first kappa shape index (κ1) is 18.8. The lowest BCUT2D eigenvalue weighted by Crippen LogP contribution is -2.25. The molecule has 0 spiro atoms. The molecular weight excluding hydrogens is 347 g/mol. The summed E-state index contributed by atoms with van der Waals surface area (Å²) in [5.74, 6) is 0.577. The molecule has 0 fully saturated rings. The summed E-state index contributed by atoms with van der Waals surface area (Å²) >= 11 is 0. The Morgan fingerprint density at radius 3 is 3.07 bits per heavy atom. The minimum Gasteiger partial charge on any atom is -0.501 e. The van der Waals surface area contributed by atoms with Gasteiger partial charge in [-0.15, -0.1) is 0 Å². The van der Waals surface area contributed by atoms with E-state index in [4.69, 9.17) is 4.74 Å². The molecule has 7 heteroatoms. The van der Waals surface area contributed by atoms with E-state index < -0.39 is 6.67 Å². The Balaban J connectivity index is 2.00. The largest absolute Gasteiger partial charge is 0.501 e. The molecule has 27 heavy (non-hydrogen) atoms. The van der Waals surface area contributed by atoms with E-state index in [9.17, 15) is 9.18 Å². The van der Waals surface area contributed by atoms with E-state index in [-0.39, 0.29) is 12.5 Å². The van der Waals surface area contributed by atoms with Crippen LogP contribution in [0.5, 0.6) is 0 Å². The van der Waals surface area contributed by atoms with Gasteiger partial charge in [0.2, 0.25) is 0 Å². The summed E-state index contributed by atoms with van der Waals surface area (Å²) in [5.41, 5.74) is 3.69. The fourth-order valence-corrected chi connectivity index (χ4v) is 3.13. The maximum atomic E-state index is 12.4. The topological polar surface area (TPSA) is 68.5 Å². The summed E-state index contributed by atoms with van der Waals surface area (Å²) in [6.45, 7) is 1.84. The second-order valence-electron chi connectivity index (χ2n) is 6.24. The third-order valence-corrected chi connectivity index (χ3v) is 4.55. The SMILES string of the molecule is COC1=C(C)C(Cn2cc(C(=O)NCCF)c3ncccc32)=NC=CCC1. The number of fused-ring (bicyclic) bond motifs is 1. The number of alkyl halides is 1. The zero-order chi connectivity index (χ0) is 19.2. The molecule has 0 atom stereocenters. The Hall–Kier alpha value is -2.96. The molecule has 0 aromatic carbocycles. The molecule has 1 aliphatic heterocycles. The Bertz CT molecular complexity index is 927. The number of allylic oxidation sites excluding steroid dienone is 3. The van der Waals surface area contributed by atoms with E-state index in [0.29, 0.717) is 17.6 Å². The molecule has 3 heterocycles. The van der Waals surface area contributed by atoms with Crippen molar-refractivity contribution in [3.05, 3.63) is 53.7 Å². The minimum atomic E-state index is -0.606. The Morgan fingerprint density at radius 1 is 1.44 bits per heavy atom. The number of nitrogens with one attached hydrogen (secondary N) is 1. The Morgan fingerprint density at radius 2 is 2.30 bits per heavy atom. The van der Waals surface area contributed by atoms with E-state index in [0.717, 1.165) is 35.4 Å². The summed E-state index contributed by atoms with van der Waals surface area (Å²) in [4.78, 5) is 21.3. The molecule has 6 nitrogen and oxygen atoms in total. The molecule has 1 N–H and O–H groups in total. The van der Waals surface area contributed by atoms with Gasteiger partial charge in [0, 0.05) is 37.1 Å². The summed E-state index contributed by atoms with van der Waals surface area (Å²) in [5, 5.41) is 2.56. The van der Waals surface area contributed by atoms with Crippen molar-refractivity contribution < 1.29 is 13.9 Å². The van der Waals surface area contributed by atoms with Crippen LogP contribution in [0.25, 0.3) is 11.0 Å². The maximum absolute atomic E-state index is 12.4. The molecule has 2 aromatic rings. The number of carbonyl (C=O) groups is 1. The van der Waals surface area contributed by atoms with E-state index in [1.165, 1.54) is 0 Å². The molecule has 1 amide bonds. The number of hydrogen-bond acceptors (Lipinski definition) is 4. The minimum absolute atomic E-state index is 0.0190. The van der Waals surface area contributed by atoms with E-state index in [1.54, 1.807) is 19.5 Å². The van der Waals surface area contributed by atoms with Gasteiger partial charge < -0.3 is 14.6 Å². The second kappa shape index (κ2) is 8.62. The van der Waals surface area contributed by atoms with Crippen LogP contribution >= 0.6 is 0 Å². The molecule has 142 valence electrons. The third kappa shape index (κ3) is 4.07. The molecule has 0 unspecified atom stereocenters. The van der Waals surface area contributed by atoms with Crippen LogP contribution in [-0.2, 0) is 11.3 Å². The standard InChI is InChI=1S/C20H23FN4O2/c1-14-16(22-9-4-3-7-18(14)27-2)13-25-12-15(20(26)24-11-8-21)19-17(25)6-5-10-23-19/h4-6,9-10,12H,3,7-8,11,13H2,1-2H3,(H,24,26). The van der Waals surface area contributed by atoms with Gasteiger partial charge in [-0.05, 0) is 25.5 Å². The zero-order valence-corrected chi connectivity index (χ0v) is 15.5. The number of amides is 1. The highest BCUT2D eigenvalue weighted by molar-refractivity contribution is 6.06. The molecule has 0 saturated carbocycles. The highest BCUT2D eigenvalue weighted by Gasteiger charge is 2.18. The third-order valence-electron chi connectivity index (χ3n) is 4.55. The number of rotatable bonds is 6. The summed E-state index contributed by atoms with van der Waals surface area (Å²) < 4.78 is 19.9. The number of pyridine rings is 1. The number of hydrogen-bond donors (Lipinski definition) is 1. The molecular formula is C20H23FN4O2. The van der Waals surface area contributed by atoms with Crippen molar-refractivity contribution in [2.75, 3.05) is 20.3 Å². The van der Waals surface area contributed by atoms with Crippen LogP contribution in [0.15, 0.2) is 53.1 Å². The van der Waals surface area contributed by atoms with Crippen LogP contribution in [0, 0.1) is 0 Å². The monoisotopic (exact) mass is 370 g/mol. The number of nitrogens with zero attached hydrogens (tertiary/aromatic N) is 3. The average Bonchev–Trinajstić information content (AvgIpc) is 3.05. The van der Waals surface area contributed by atoms with Gasteiger partial charge in [-0.3, -0.25) is 14.8 Å². The number of aliphatic imine (C=N–C) groups is 1. The highest BCUT2D eigenvalue weighted by Crippen LogP contribution is 2.22. The van der Waals surface area contributed by atoms with Gasteiger partial charge in [-0.1, -0.05) is 6.08 Å². The van der Waals surface area contributed by atoms with Crippen LogP contribution in [0.3, 0.4) is 0 Å². The van der Waals surface area contributed by atoms with Gasteiger partial charge in [0.1, 0.15) is 18.0 Å². The quantitative estimate of drug-likeness (QED) is 0.847. The van der Waals surface area contributed by atoms with E-state index >= 15 is 0 Å². The first-order valence-corrected chi connectivity index (χ1v) is 8.89. The molecule has 3 rings (SSSR count). The molecule has 0 saturated heterocycles. The van der Waals surface area contributed by atoms with Crippen LogP contribution in [0.2, 0.25) is 0 Å². The Kier molecular flexibility index (Phi) is 6.01. The first-order valence-electron chi connectivity index (χ1n) is 8.89.